The van der Waals surface area contributed by atoms with Crippen molar-refractivity contribution in [3.05, 3.63) is 65.2 Å². The first-order valence-electron chi connectivity index (χ1n) is 9.77. The standard InChI is InChI=1S/C23H32NO.BrH/c1-20-11-10-12-21(2)23(20)25-18-17-24(15-8-3-4-9-16-24)19-22-13-6-5-7-14-22;/h5-7,10-14H,3-4,8-9,15-19H2,1-2H3;1H/q+1;/p-1. The predicted octanol–water partition coefficient (Wildman–Crippen LogP) is 2.28. The lowest BCUT2D eigenvalue weighted by atomic mass is 10.1. The topological polar surface area (TPSA) is 9.23 Å². The molecule has 0 spiro atoms. The van der Waals surface area contributed by atoms with E-state index in [1.807, 2.05) is 0 Å². The second kappa shape index (κ2) is 10.1. The molecule has 0 bridgehead atoms. The van der Waals surface area contributed by atoms with Crippen LogP contribution in [0.3, 0.4) is 0 Å². The number of halogens is 1. The summed E-state index contributed by atoms with van der Waals surface area (Å²) in [5.74, 6) is 1.08. The summed E-state index contributed by atoms with van der Waals surface area (Å²) in [6.45, 7) is 9.89. The van der Waals surface area contributed by atoms with Crippen molar-refractivity contribution in [2.45, 2.75) is 46.1 Å². The van der Waals surface area contributed by atoms with Gasteiger partial charge in [-0.05, 0) is 50.7 Å². The lowest BCUT2D eigenvalue weighted by Crippen LogP contribution is -3.00. The lowest BCUT2D eigenvalue weighted by Gasteiger charge is -2.38. The highest BCUT2D eigenvalue weighted by Gasteiger charge is 2.29. The van der Waals surface area contributed by atoms with Crippen molar-refractivity contribution in [1.82, 2.24) is 0 Å². The van der Waals surface area contributed by atoms with Crippen LogP contribution in [-0.2, 0) is 6.54 Å². The summed E-state index contributed by atoms with van der Waals surface area (Å²) in [4.78, 5) is 0. The van der Waals surface area contributed by atoms with E-state index in [2.05, 4.69) is 62.4 Å². The van der Waals surface area contributed by atoms with Gasteiger partial charge in [-0.1, -0.05) is 48.5 Å². The molecule has 26 heavy (non-hydrogen) atoms. The van der Waals surface area contributed by atoms with Gasteiger partial charge in [0.05, 0.1) is 13.1 Å². The van der Waals surface area contributed by atoms with Gasteiger partial charge in [-0.25, -0.2) is 0 Å². The van der Waals surface area contributed by atoms with E-state index in [1.165, 1.54) is 59.9 Å². The number of hydrogen-bond acceptors (Lipinski definition) is 1. The average molecular weight is 418 g/mol. The fourth-order valence-electron chi connectivity index (χ4n) is 4.16. The number of ether oxygens (including phenoxy) is 1. The Hall–Kier alpha value is -1.32. The Labute approximate surface area is 169 Å². The molecule has 2 aromatic rings. The van der Waals surface area contributed by atoms with Gasteiger partial charge in [0.15, 0.2) is 0 Å². The molecule has 3 heteroatoms. The van der Waals surface area contributed by atoms with Gasteiger partial charge in [-0.15, -0.1) is 0 Å². The molecule has 3 rings (SSSR count). The van der Waals surface area contributed by atoms with Gasteiger partial charge in [0.1, 0.15) is 25.4 Å². The van der Waals surface area contributed by atoms with Crippen LogP contribution in [-0.4, -0.2) is 30.7 Å². The van der Waals surface area contributed by atoms with Crippen molar-refractivity contribution in [3.63, 3.8) is 0 Å². The molecule has 1 fully saturated rings. The number of rotatable bonds is 6. The smallest absolute Gasteiger partial charge is 0.137 e. The molecule has 0 radical (unpaired) electrons. The molecule has 1 heterocycles. The SMILES string of the molecule is Cc1cccc(C)c1OCC[N+]1(Cc2ccccc2)CCCCCC1.[Br-]. The Morgan fingerprint density at radius 1 is 0.808 bits per heavy atom. The van der Waals surface area contributed by atoms with Gasteiger partial charge in [0, 0.05) is 5.56 Å². The second-order valence-corrected chi connectivity index (χ2v) is 7.64. The van der Waals surface area contributed by atoms with Crippen molar-refractivity contribution in [1.29, 1.82) is 0 Å². The Bertz CT molecular complexity index is 643. The molecule has 2 nitrogen and oxygen atoms in total. The van der Waals surface area contributed by atoms with Crippen LogP contribution in [0.2, 0.25) is 0 Å². The molecule has 1 aliphatic rings. The summed E-state index contributed by atoms with van der Waals surface area (Å²) in [6.07, 6.45) is 5.45. The van der Waals surface area contributed by atoms with Gasteiger partial charge < -0.3 is 26.2 Å². The number of quaternary nitrogens is 1. The van der Waals surface area contributed by atoms with E-state index in [4.69, 9.17) is 4.74 Å². The van der Waals surface area contributed by atoms with Crippen molar-refractivity contribution in [2.75, 3.05) is 26.2 Å². The van der Waals surface area contributed by atoms with Crippen LogP contribution in [0.1, 0.15) is 42.4 Å². The summed E-state index contributed by atoms with van der Waals surface area (Å²) >= 11 is 0. The van der Waals surface area contributed by atoms with Crippen LogP contribution in [0.4, 0.5) is 0 Å². The van der Waals surface area contributed by atoms with E-state index < -0.39 is 0 Å². The van der Waals surface area contributed by atoms with E-state index in [0.717, 1.165) is 25.4 Å². The molecule has 0 atom stereocenters. The summed E-state index contributed by atoms with van der Waals surface area (Å²) in [7, 11) is 0. The molecule has 0 aromatic heterocycles. The van der Waals surface area contributed by atoms with Crippen LogP contribution in [0.5, 0.6) is 5.75 Å². The first kappa shape index (κ1) is 21.0. The zero-order valence-electron chi connectivity index (χ0n) is 16.2. The molecule has 1 aliphatic heterocycles. The Morgan fingerprint density at radius 3 is 2.04 bits per heavy atom. The van der Waals surface area contributed by atoms with Gasteiger partial charge in [0.25, 0.3) is 0 Å². The summed E-state index contributed by atoms with van der Waals surface area (Å²) in [5.41, 5.74) is 3.94. The fourth-order valence-corrected chi connectivity index (χ4v) is 4.16. The Morgan fingerprint density at radius 2 is 1.42 bits per heavy atom. The van der Waals surface area contributed by atoms with E-state index in [-0.39, 0.29) is 17.0 Å². The minimum Gasteiger partial charge on any atom is -1.00 e. The van der Waals surface area contributed by atoms with Crippen LogP contribution >= 0.6 is 0 Å². The summed E-state index contributed by atoms with van der Waals surface area (Å²) < 4.78 is 7.43. The van der Waals surface area contributed by atoms with Crippen LogP contribution in [0, 0.1) is 13.8 Å². The van der Waals surface area contributed by atoms with Crippen LogP contribution in [0.15, 0.2) is 48.5 Å². The van der Waals surface area contributed by atoms with Gasteiger partial charge in [-0.2, -0.15) is 0 Å². The molecular formula is C23H32BrNO. The lowest BCUT2D eigenvalue weighted by molar-refractivity contribution is -0.940. The molecule has 0 N–H and O–H groups in total. The molecule has 0 amide bonds. The molecule has 2 aromatic carbocycles. The van der Waals surface area contributed by atoms with E-state index >= 15 is 0 Å². The summed E-state index contributed by atoms with van der Waals surface area (Å²) in [5, 5.41) is 0. The van der Waals surface area contributed by atoms with Crippen LogP contribution < -0.4 is 21.7 Å². The molecule has 142 valence electrons. The zero-order chi connectivity index (χ0) is 17.5. The highest BCUT2D eigenvalue weighted by atomic mass is 79.9. The maximum absolute atomic E-state index is 6.26. The number of aryl methyl sites for hydroxylation is 2. The molecule has 0 unspecified atom stereocenters. The van der Waals surface area contributed by atoms with Crippen molar-refractivity contribution in [3.8, 4) is 5.75 Å². The van der Waals surface area contributed by atoms with Gasteiger partial charge in [0.2, 0.25) is 0 Å². The quantitative estimate of drug-likeness (QED) is 0.655. The number of likely N-dealkylation sites (tertiary alicyclic amines) is 1. The van der Waals surface area contributed by atoms with Gasteiger partial charge >= 0.3 is 0 Å². The zero-order valence-corrected chi connectivity index (χ0v) is 17.8. The highest BCUT2D eigenvalue weighted by molar-refractivity contribution is 5.39. The minimum atomic E-state index is 0. The third-order valence-electron chi connectivity index (χ3n) is 5.60. The molecule has 0 aliphatic carbocycles. The second-order valence-electron chi connectivity index (χ2n) is 7.64. The minimum absolute atomic E-state index is 0. The predicted molar refractivity (Wildman–Crippen MR) is 105 cm³/mol. The number of hydrogen-bond donors (Lipinski definition) is 0. The van der Waals surface area contributed by atoms with E-state index in [9.17, 15) is 0 Å². The first-order valence-corrected chi connectivity index (χ1v) is 9.77. The van der Waals surface area contributed by atoms with Crippen molar-refractivity contribution >= 4 is 0 Å². The maximum atomic E-state index is 6.26. The summed E-state index contributed by atoms with van der Waals surface area (Å²) in [6, 6.07) is 17.4. The first-order chi connectivity index (χ1) is 12.2. The van der Waals surface area contributed by atoms with Gasteiger partial charge in [-0.3, -0.25) is 0 Å². The average Bonchev–Trinajstić information content (AvgIpc) is 2.84. The molecule has 1 saturated heterocycles. The van der Waals surface area contributed by atoms with Crippen molar-refractivity contribution in [2.24, 2.45) is 0 Å². The molecular weight excluding hydrogens is 386 g/mol. The normalized spacial score (nSPS) is 16.4. The number of benzene rings is 2. The fraction of sp³-hybridized carbons (Fsp3) is 0.478. The maximum Gasteiger partial charge on any atom is 0.137 e. The van der Waals surface area contributed by atoms with Crippen molar-refractivity contribution < 1.29 is 26.2 Å². The third kappa shape index (κ3) is 5.59. The molecule has 0 saturated carbocycles. The third-order valence-corrected chi connectivity index (χ3v) is 5.60. The number of para-hydroxylation sites is 1. The largest absolute Gasteiger partial charge is 1.00 e. The Kier molecular flexibility index (Phi) is 8.17. The monoisotopic (exact) mass is 417 g/mol. The Balaban J connectivity index is 0.00000243. The highest BCUT2D eigenvalue weighted by Crippen LogP contribution is 2.25. The van der Waals surface area contributed by atoms with E-state index in [1.54, 1.807) is 0 Å². The number of nitrogens with zero attached hydrogens (tertiary/aromatic N) is 1. The van der Waals surface area contributed by atoms with E-state index in [0.29, 0.717) is 0 Å². The van der Waals surface area contributed by atoms with Crippen LogP contribution in [0.25, 0.3) is 0 Å².